The smallest absolute Gasteiger partial charge is 0.338 e. The summed E-state index contributed by atoms with van der Waals surface area (Å²) in [5, 5.41) is 1.10. The zero-order chi connectivity index (χ0) is 22.5. The number of ether oxygens (including phenoxy) is 2. The van der Waals surface area contributed by atoms with Crippen LogP contribution in [0.2, 0.25) is 5.02 Å². The van der Waals surface area contributed by atoms with Crippen molar-refractivity contribution in [1.82, 2.24) is 9.88 Å². The van der Waals surface area contributed by atoms with E-state index in [4.69, 9.17) is 21.1 Å². The topological polar surface area (TPSA) is 72.0 Å². The lowest BCUT2D eigenvalue weighted by molar-refractivity contribution is 0.0376. The molecule has 0 bridgehead atoms. The Labute approximate surface area is 195 Å². The summed E-state index contributed by atoms with van der Waals surface area (Å²) in [6.45, 7) is 4.53. The average molecular weight is 474 g/mol. The SMILES string of the molecule is COC(=O)c1ccccc1C(=O)N(CCCN1CCOCC1)c1nc2c(Cl)cccc2s1. The van der Waals surface area contributed by atoms with E-state index in [0.29, 0.717) is 22.2 Å². The summed E-state index contributed by atoms with van der Waals surface area (Å²) in [7, 11) is 1.30. The van der Waals surface area contributed by atoms with Gasteiger partial charge in [0.05, 0.1) is 41.2 Å². The second-order valence-corrected chi connectivity index (χ2v) is 8.80. The van der Waals surface area contributed by atoms with Crippen LogP contribution in [0.25, 0.3) is 10.2 Å². The maximum Gasteiger partial charge on any atom is 0.338 e. The minimum absolute atomic E-state index is 0.234. The van der Waals surface area contributed by atoms with Gasteiger partial charge >= 0.3 is 5.97 Å². The Kier molecular flexibility index (Phi) is 7.36. The summed E-state index contributed by atoms with van der Waals surface area (Å²) in [5.41, 5.74) is 1.19. The highest BCUT2D eigenvalue weighted by Crippen LogP contribution is 2.33. The molecule has 0 atom stereocenters. The number of halogens is 1. The van der Waals surface area contributed by atoms with Gasteiger partial charge in [0.25, 0.3) is 5.91 Å². The number of hydrogen-bond acceptors (Lipinski definition) is 7. The second kappa shape index (κ2) is 10.4. The van der Waals surface area contributed by atoms with Crippen molar-refractivity contribution in [3.8, 4) is 0 Å². The minimum Gasteiger partial charge on any atom is -0.465 e. The number of esters is 1. The van der Waals surface area contributed by atoms with Crippen molar-refractivity contribution in [3.05, 3.63) is 58.6 Å². The van der Waals surface area contributed by atoms with Gasteiger partial charge in [0.15, 0.2) is 5.13 Å². The highest BCUT2D eigenvalue weighted by Gasteiger charge is 2.26. The molecule has 0 saturated carbocycles. The molecule has 7 nitrogen and oxygen atoms in total. The number of carbonyl (C=O) groups is 2. The van der Waals surface area contributed by atoms with Crippen molar-refractivity contribution in [2.75, 3.05) is 51.4 Å². The van der Waals surface area contributed by atoms with E-state index in [2.05, 4.69) is 9.88 Å². The lowest BCUT2D eigenvalue weighted by Gasteiger charge is -2.28. The highest BCUT2D eigenvalue weighted by atomic mass is 35.5. The maximum absolute atomic E-state index is 13.6. The molecule has 1 saturated heterocycles. The number of aromatic nitrogens is 1. The first-order chi connectivity index (χ1) is 15.6. The zero-order valence-electron chi connectivity index (χ0n) is 17.8. The molecule has 0 radical (unpaired) electrons. The van der Waals surface area contributed by atoms with Crippen LogP contribution >= 0.6 is 22.9 Å². The fourth-order valence-electron chi connectivity index (χ4n) is 3.68. The van der Waals surface area contributed by atoms with E-state index in [1.807, 2.05) is 12.1 Å². The van der Waals surface area contributed by atoms with Crippen LogP contribution < -0.4 is 4.90 Å². The van der Waals surface area contributed by atoms with Gasteiger partial charge in [0, 0.05) is 26.2 Å². The lowest BCUT2D eigenvalue weighted by Crippen LogP contribution is -2.39. The van der Waals surface area contributed by atoms with Crippen molar-refractivity contribution in [2.45, 2.75) is 6.42 Å². The van der Waals surface area contributed by atoms with Crippen LogP contribution in [0.5, 0.6) is 0 Å². The monoisotopic (exact) mass is 473 g/mol. The third-order valence-electron chi connectivity index (χ3n) is 5.36. The standard InChI is InChI=1S/C23H24ClN3O4S/c1-30-22(29)17-7-3-2-6-16(17)21(28)27(11-5-10-26-12-14-31-15-13-26)23-25-20-18(24)8-4-9-19(20)32-23/h2-4,6-9H,5,10-15H2,1H3. The molecule has 0 aliphatic carbocycles. The van der Waals surface area contributed by atoms with E-state index in [-0.39, 0.29) is 17.0 Å². The van der Waals surface area contributed by atoms with E-state index in [9.17, 15) is 9.59 Å². The molecular formula is C23H24ClN3O4S. The minimum atomic E-state index is -0.547. The van der Waals surface area contributed by atoms with Crippen molar-refractivity contribution < 1.29 is 19.1 Å². The summed E-state index contributed by atoms with van der Waals surface area (Å²) in [6, 6.07) is 12.3. The number of carbonyl (C=O) groups excluding carboxylic acids is 2. The van der Waals surface area contributed by atoms with Crippen LogP contribution in [0.1, 0.15) is 27.1 Å². The number of benzene rings is 2. The van der Waals surface area contributed by atoms with Gasteiger partial charge in [0.2, 0.25) is 0 Å². The molecule has 32 heavy (non-hydrogen) atoms. The fraction of sp³-hybridized carbons (Fsp3) is 0.348. The number of methoxy groups -OCH3 is 1. The van der Waals surface area contributed by atoms with Crippen molar-refractivity contribution >= 4 is 50.2 Å². The third kappa shape index (κ3) is 4.94. The molecule has 168 valence electrons. The summed E-state index contributed by atoms with van der Waals surface area (Å²) >= 11 is 7.73. The van der Waals surface area contributed by atoms with Gasteiger partial charge in [-0.1, -0.05) is 41.1 Å². The van der Waals surface area contributed by atoms with E-state index in [1.54, 1.807) is 35.2 Å². The van der Waals surface area contributed by atoms with Crippen molar-refractivity contribution in [3.63, 3.8) is 0 Å². The molecule has 2 aromatic carbocycles. The normalized spacial score (nSPS) is 14.4. The number of amides is 1. The Bertz CT molecular complexity index is 1110. The lowest BCUT2D eigenvalue weighted by atomic mass is 10.1. The molecule has 2 heterocycles. The number of rotatable bonds is 7. The van der Waals surface area contributed by atoms with Gasteiger partial charge in [-0.2, -0.15) is 0 Å². The number of morpholine rings is 1. The molecule has 9 heteroatoms. The van der Waals surface area contributed by atoms with Crippen LogP contribution in [0.3, 0.4) is 0 Å². The maximum atomic E-state index is 13.6. The number of fused-ring (bicyclic) bond motifs is 1. The second-order valence-electron chi connectivity index (χ2n) is 7.38. The van der Waals surface area contributed by atoms with Gasteiger partial charge in [-0.05, 0) is 30.7 Å². The summed E-state index contributed by atoms with van der Waals surface area (Å²) < 4.78 is 11.2. The largest absolute Gasteiger partial charge is 0.465 e. The van der Waals surface area contributed by atoms with Crippen LogP contribution in [0.4, 0.5) is 5.13 Å². The fourth-order valence-corrected chi connectivity index (χ4v) is 4.97. The van der Waals surface area contributed by atoms with Gasteiger partial charge in [-0.15, -0.1) is 0 Å². The Hall–Kier alpha value is -2.52. The molecule has 0 spiro atoms. The third-order valence-corrected chi connectivity index (χ3v) is 6.71. The molecule has 1 aromatic heterocycles. The highest BCUT2D eigenvalue weighted by molar-refractivity contribution is 7.22. The molecule has 1 amide bonds. The first-order valence-corrected chi connectivity index (χ1v) is 11.6. The van der Waals surface area contributed by atoms with E-state index in [1.165, 1.54) is 18.4 Å². The predicted molar refractivity (Wildman–Crippen MR) is 126 cm³/mol. The number of thiazole rings is 1. The van der Waals surface area contributed by atoms with Crippen molar-refractivity contribution in [2.24, 2.45) is 0 Å². The molecule has 1 aliphatic rings. The number of nitrogens with zero attached hydrogens (tertiary/aromatic N) is 3. The summed E-state index contributed by atoms with van der Waals surface area (Å²) in [5.74, 6) is -0.835. The Morgan fingerprint density at radius 3 is 2.62 bits per heavy atom. The quantitative estimate of drug-likeness (QED) is 0.481. The Morgan fingerprint density at radius 1 is 1.16 bits per heavy atom. The molecule has 1 aliphatic heterocycles. The van der Waals surface area contributed by atoms with Gasteiger partial charge in [-0.25, -0.2) is 9.78 Å². The first-order valence-electron chi connectivity index (χ1n) is 10.4. The van der Waals surface area contributed by atoms with Crippen LogP contribution in [0, 0.1) is 0 Å². The van der Waals surface area contributed by atoms with Crippen LogP contribution in [-0.4, -0.2) is 68.3 Å². The average Bonchev–Trinajstić information content (AvgIpc) is 3.27. The van der Waals surface area contributed by atoms with E-state index in [0.717, 1.165) is 44.0 Å². The van der Waals surface area contributed by atoms with Gasteiger partial charge in [-0.3, -0.25) is 14.6 Å². The molecular weight excluding hydrogens is 450 g/mol. The van der Waals surface area contributed by atoms with Crippen molar-refractivity contribution in [1.29, 1.82) is 0 Å². The summed E-state index contributed by atoms with van der Waals surface area (Å²) in [4.78, 5) is 34.5. The molecule has 0 N–H and O–H groups in total. The van der Waals surface area contributed by atoms with Crippen LogP contribution in [0.15, 0.2) is 42.5 Å². The van der Waals surface area contributed by atoms with Gasteiger partial charge in [0.1, 0.15) is 5.52 Å². The zero-order valence-corrected chi connectivity index (χ0v) is 19.3. The Balaban J connectivity index is 1.64. The molecule has 0 unspecified atom stereocenters. The van der Waals surface area contributed by atoms with Crippen LogP contribution in [-0.2, 0) is 9.47 Å². The first kappa shape index (κ1) is 22.7. The van der Waals surface area contributed by atoms with E-state index >= 15 is 0 Å². The molecule has 3 aromatic rings. The number of hydrogen-bond donors (Lipinski definition) is 0. The number of anilines is 1. The number of para-hydroxylation sites is 1. The predicted octanol–water partition coefficient (Wildman–Crippen LogP) is 4.11. The Morgan fingerprint density at radius 2 is 1.91 bits per heavy atom. The van der Waals surface area contributed by atoms with Gasteiger partial charge < -0.3 is 9.47 Å². The molecule has 4 rings (SSSR count). The molecule has 1 fully saturated rings. The van der Waals surface area contributed by atoms with E-state index < -0.39 is 5.97 Å². The summed E-state index contributed by atoms with van der Waals surface area (Å²) in [6.07, 6.45) is 0.760.